The fourth-order valence-electron chi connectivity index (χ4n) is 4.67. The second-order valence-corrected chi connectivity index (χ2v) is 10.3. The highest BCUT2D eigenvalue weighted by Crippen LogP contribution is 2.38. The lowest BCUT2D eigenvalue weighted by atomic mass is 9.83. The van der Waals surface area contributed by atoms with Crippen LogP contribution in [0.2, 0.25) is 5.02 Å². The number of carboxylic acid groups (broad SMARTS) is 1. The SMILES string of the molecule is Cc1oc(-c2ccc(Cl)c(F)c2)nc1COc1cccc(C(C)(C)C(=O)N2c3ccccc3C[C@H]2OC(=O)O)c1. The topological polar surface area (TPSA) is 102 Å². The van der Waals surface area contributed by atoms with Crippen molar-refractivity contribution in [1.82, 2.24) is 4.98 Å². The number of hydrogen-bond acceptors (Lipinski definition) is 6. The van der Waals surface area contributed by atoms with Crippen molar-refractivity contribution in [2.75, 3.05) is 4.90 Å². The Morgan fingerprint density at radius 2 is 1.93 bits per heavy atom. The molecule has 0 aliphatic carbocycles. The lowest BCUT2D eigenvalue weighted by Crippen LogP contribution is -2.48. The van der Waals surface area contributed by atoms with Crippen LogP contribution < -0.4 is 9.64 Å². The molecular formula is C30H26ClFN2O6. The molecule has 5 rings (SSSR count). The monoisotopic (exact) mass is 564 g/mol. The normalized spacial score (nSPS) is 14.6. The van der Waals surface area contributed by atoms with Gasteiger partial charge in [0.05, 0.1) is 16.1 Å². The van der Waals surface area contributed by atoms with Gasteiger partial charge in [-0.05, 0) is 68.3 Å². The maximum absolute atomic E-state index is 13.9. The van der Waals surface area contributed by atoms with Crippen LogP contribution in [0, 0.1) is 12.7 Å². The minimum atomic E-state index is -1.45. The van der Waals surface area contributed by atoms with E-state index in [2.05, 4.69) is 4.98 Å². The number of anilines is 1. The van der Waals surface area contributed by atoms with Crippen LogP contribution in [0.4, 0.5) is 14.9 Å². The van der Waals surface area contributed by atoms with E-state index in [4.69, 9.17) is 25.5 Å². The number of carbonyl (C=O) groups excluding carboxylic acids is 1. The van der Waals surface area contributed by atoms with Gasteiger partial charge in [0.2, 0.25) is 11.8 Å². The molecule has 1 amide bonds. The van der Waals surface area contributed by atoms with Gasteiger partial charge in [-0.15, -0.1) is 0 Å². The number of aryl methyl sites for hydroxylation is 1. The molecule has 0 unspecified atom stereocenters. The van der Waals surface area contributed by atoms with Crippen LogP contribution in [-0.4, -0.2) is 28.4 Å². The van der Waals surface area contributed by atoms with Gasteiger partial charge in [-0.3, -0.25) is 9.69 Å². The van der Waals surface area contributed by atoms with Crippen LogP contribution in [0.3, 0.4) is 0 Å². The highest BCUT2D eigenvalue weighted by Gasteiger charge is 2.43. The van der Waals surface area contributed by atoms with Crippen LogP contribution in [0.5, 0.6) is 5.75 Å². The summed E-state index contributed by atoms with van der Waals surface area (Å²) in [6.45, 7) is 5.36. The predicted molar refractivity (Wildman–Crippen MR) is 146 cm³/mol. The van der Waals surface area contributed by atoms with Crippen LogP contribution in [-0.2, 0) is 28.0 Å². The molecule has 1 atom stereocenters. The lowest BCUT2D eigenvalue weighted by molar-refractivity contribution is -0.125. The van der Waals surface area contributed by atoms with Crippen molar-refractivity contribution in [2.24, 2.45) is 0 Å². The summed E-state index contributed by atoms with van der Waals surface area (Å²) in [5, 5.41) is 9.27. The Labute approximate surface area is 234 Å². The quantitative estimate of drug-likeness (QED) is 0.243. The molecule has 3 aromatic carbocycles. The van der Waals surface area contributed by atoms with Gasteiger partial charge in [-0.25, -0.2) is 14.2 Å². The molecule has 1 N–H and O–H groups in total. The fourth-order valence-corrected chi connectivity index (χ4v) is 4.79. The molecule has 206 valence electrons. The number of hydrogen-bond donors (Lipinski definition) is 1. The van der Waals surface area contributed by atoms with Crippen LogP contribution >= 0.6 is 11.6 Å². The van der Waals surface area contributed by atoms with Gasteiger partial charge in [-0.1, -0.05) is 41.9 Å². The van der Waals surface area contributed by atoms with Gasteiger partial charge >= 0.3 is 6.16 Å². The summed E-state index contributed by atoms with van der Waals surface area (Å²) in [7, 11) is 0. The van der Waals surface area contributed by atoms with Crippen molar-refractivity contribution in [2.45, 2.75) is 45.4 Å². The predicted octanol–water partition coefficient (Wildman–Crippen LogP) is 6.91. The van der Waals surface area contributed by atoms with Crippen molar-refractivity contribution >= 4 is 29.4 Å². The number of benzene rings is 3. The standard InChI is InChI=1S/C30H26ClFN2O6/c1-17-24(33-27(39-17)19-11-12-22(31)23(32)13-19)16-38-21-9-6-8-20(15-21)30(2,3)28(35)34-25-10-5-4-7-18(25)14-26(34)40-29(36)37/h4-13,15,26H,14,16H2,1-3H3,(H,36,37)/t26-/m1/s1. The first kappa shape index (κ1) is 27.2. The molecule has 0 saturated heterocycles. The van der Waals surface area contributed by atoms with E-state index < -0.39 is 23.6 Å². The number of ether oxygens (including phenoxy) is 2. The summed E-state index contributed by atoms with van der Waals surface area (Å²) in [4.78, 5) is 31.1. The van der Waals surface area contributed by atoms with Gasteiger partial charge in [0.15, 0.2) is 6.23 Å². The minimum Gasteiger partial charge on any atom is -0.487 e. The summed E-state index contributed by atoms with van der Waals surface area (Å²) in [6, 6.07) is 18.7. The van der Waals surface area contributed by atoms with Crippen LogP contribution in [0.15, 0.2) is 71.1 Å². The third-order valence-corrected chi connectivity index (χ3v) is 7.22. The molecule has 0 spiro atoms. The van der Waals surface area contributed by atoms with Crippen LogP contribution in [0.1, 0.15) is 36.4 Å². The number of amides is 1. The minimum absolute atomic E-state index is 0.00995. The van der Waals surface area contributed by atoms with Crippen molar-refractivity contribution in [3.63, 3.8) is 0 Å². The Hall–Kier alpha value is -4.37. The molecule has 4 aromatic rings. The Bertz CT molecular complexity index is 1600. The number of fused-ring (bicyclic) bond motifs is 1. The highest BCUT2D eigenvalue weighted by atomic mass is 35.5. The number of nitrogens with zero attached hydrogens (tertiary/aromatic N) is 2. The fraction of sp³-hybridized carbons (Fsp3) is 0.233. The van der Waals surface area contributed by atoms with Gasteiger partial charge < -0.3 is 19.0 Å². The largest absolute Gasteiger partial charge is 0.507 e. The maximum Gasteiger partial charge on any atom is 0.507 e. The second kappa shape index (κ2) is 10.7. The van der Waals surface area contributed by atoms with E-state index in [9.17, 15) is 19.1 Å². The summed E-state index contributed by atoms with van der Waals surface area (Å²) in [6.07, 6.45) is -2.13. The Morgan fingerprint density at radius 3 is 2.67 bits per heavy atom. The molecule has 1 aromatic heterocycles. The molecule has 0 saturated carbocycles. The number of para-hydroxylation sites is 1. The van der Waals surface area contributed by atoms with Gasteiger partial charge in [0.25, 0.3) is 0 Å². The third-order valence-electron chi connectivity index (χ3n) is 6.91. The highest BCUT2D eigenvalue weighted by molar-refractivity contribution is 6.30. The van der Waals surface area contributed by atoms with Crippen molar-refractivity contribution in [1.29, 1.82) is 0 Å². The van der Waals surface area contributed by atoms with E-state index in [1.807, 2.05) is 18.2 Å². The average Bonchev–Trinajstić information content (AvgIpc) is 3.47. The molecule has 40 heavy (non-hydrogen) atoms. The number of rotatable bonds is 7. The summed E-state index contributed by atoms with van der Waals surface area (Å²) in [5.41, 5.74) is 2.06. The maximum atomic E-state index is 13.9. The van der Waals surface area contributed by atoms with E-state index in [0.717, 1.165) is 5.56 Å². The van der Waals surface area contributed by atoms with Gasteiger partial charge in [-0.2, -0.15) is 0 Å². The molecule has 0 radical (unpaired) electrons. The van der Waals surface area contributed by atoms with Gasteiger partial charge in [0.1, 0.15) is 29.6 Å². The number of oxazole rings is 1. The van der Waals surface area contributed by atoms with E-state index >= 15 is 0 Å². The molecule has 2 heterocycles. The number of halogens is 2. The third kappa shape index (κ3) is 5.24. The smallest absolute Gasteiger partial charge is 0.487 e. The molecule has 1 aliphatic heterocycles. The van der Waals surface area contributed by atoms with E-state index in [1.165, 1.54) is 17.0 Å². The van der Waals surface area contributed by atoms with Crippen molar-refractivity contribution < 1.29 is 33.0 Å². The Morgan fingerprint density at radius 1 is 1.15 bits per heavy atom. The molecule has 0 fully saturated rings. The first-order chi connectivity index (χ1) is 19.0. The number of aromatic nitrogens is 1. The summed E-state index contributed by atoms with van der Waals surface area (Å²) >= 11 is 5.77. The molecule has 0 bridgehead atoms. The zero-order chi connectivity index (χ0) is 28.6. The number of carbonyl (C=O) groups is 2. The van der Waals surface area contributed by atoms with Gasteiger partial charge in [0, 0.05) is 12.0 Å². The molecular weight excluding hydrogens is 539 g/mol. The molecule has 1 aliphatic rings. The average molecular weight is 565 g/mol. The van der Waals surface area contributed by atoms with Crippen molar-refractivity contribution in [3.8, 4) is 17.2 Å². The molecule has 8 nitrogen and oxygen atoms in total. The first-order valence-electron chi connectivity index (χ1n) is 12.5. The van der Waals surface area contributed by atoms with E-state index in [0.29, 0.717) is 34.0 Å². The zero-order valence-corrected chi connectivity index (χ0v) is 22.7. The van der Waals surface area contributed by atoms with E-state index in [-0.39, 0.29) is 29.8 Å². The van der Waals surface area contributed by atoms with Crippen molar-refractivity contribution in [3.05, 3.63) is 100 Å². The zero-order valence-electron chi connectivity index (χ0n) is 22.0. The first-order valence-corrected chi connectivity index (χ1v) is 12.9. The lowest BCUT2D eigenvalue weighted by Gasteiger charge is -2.33. The Balaban J connectivity index is 1.35. The summed E-state index contributed by atoms with van der Waals surface area (Å²) in [5.74, 6) is 0.387. The summed E-state index contributed by atoms with van der Waals surface area (Å²) < 4.78 is 30.7. The Kier molecular flexibility index (Phi) is 7.25. The second-order valence-electron chi connectivity index (χ2n) is 9.94. The van der Waals surface area contributed by atoms with E-state index in [1.54, 1.807) is 57.2 Å². The molecule has 10 heteroatoms. The van der Waals surface area contributed by atoms with Crippen LogP contribution in [0.25, 0.3) is 11.5 Å².